The minimum absolute atomic E-state index is 0.311. The van der Waals surface area contributed by atoms with Crippen LogP contribution in [0.4, 0.5) is 0 Å². The van der Waals surface area contributed by atoms with Crippen molar-refractivity contribution in [1.82, 2.24) is 15.0 Å². The molecule has 0 unspecified atom stereocenters. The predicted octanol–water partition coefficient (Wildman–Crippen LogP) is 4.33. The highest BCUT2D eigenvalue weighted by Gasteiger charge is 2.12. The quantitative estimate of drug-likeness (QED) is 0.781. The van der Waals surface area contributed by atoms with E-state index >= 15 is 0 Å². The number of halogens is 1. The van der Waals surface area contributed by atoms with E-state index < -0.39 is 5.69 Å². The first-order valence-corrected chi connectivity index (χ1v) is 8.29. The maximum atomic E-state index is 12.0. The van der Waals surface area contributed by atoms with Crippen LogP contribution in [-0.4, -0.2) is 22.1 Å². The molecular formula is C19H20ClN3O2. The van der Waals surface area contributed by atoms with E-state index in [-0.39, 0.29) is 0 Å². The lowest BCUT2D eigenvalue weighted by atomic mass is 10.2. The maximum absolute atomic E-state index is 12.0. The molecule has 5 nitrogen and oxygen atoms in total. The number of nitrogens with one attached hydrogen (secondary N) is 1. The molecule has 130 valence electrons. The number of hydrogen-bond acceptors (Lipinski definition) is 4. The molecule has 0 aliphatic heterocycles. The van der Waals surface area contributed by atoms with E-state index in [2.05, 4.69) is 15.0 Å². The summed E-state index contributed by atoms with van der Waals surface area (Å²) < 4.78 is 5.21. The zero-order valence-electron chi connectivity index (χ0n) is 14.4. The van der Waals surface area contributed by atoms with Crippen molar-refractivity contribution in [2.45, 2.75) is 20.3 Å². The fraction of sp³-hybridized carbons (Fsp3) is 0.211. The second-order valence-electron chi connectivity index (χ2n) is 5.11. The predicted molar refractivity (Wildman–Crippen MR) is 102 cm³/mol. The Hall–Kier alpha value is -2.66. The van der Waals surface area contributed by atoms with E-state index in [0.29, 0.717) is 33.6 Å². The van der Waals surface area contributed by atoms with E-state index in [1.165, 1.54) is 0 Å². The first kappa shape index (κ1) is 18.7. The number of nitrogens with zero attached hydrogens (tertiary/aromatic N) is 2. The van der Waals surface area contributed by atoms with Gasteiger partial charge < -0.3 is 4.74 Å². The van der Waals surface area contributed by atoms with Gasteiger partial charge in [0.2, 0.25) is 0 Å². The van der Waals surface area contributed by atoms with Gasteiger partial charge in [0.25, 0.3) is 0 Å². The number of hydrogen-bond donors (Lipinski definition) is 1. The molecule has 0 aliphatic carbocycles. The van der Waals surface area contributed by atoms with Gasteiger partial charge in [-0.2, -0.15) is 4.98 Å². The molecule has 0 saturated heterocycles. The molecule has 1 aromatic carbocycles. The molecule has 2 aromatic rings. The number of rotatable bonds is 6. The van der Waals surface area contributed by atoms with Gasteiger partial charge in [-0.15, -0.1) is 0 Å². The summed E-state index contributed by atoms with van der Waals surface area (Å²) in [5, 5.41) is 0.484. The highest BCUT2D eigenvalue weighted by Crippen LogP contribution is 2.25. The summed E-state index contributed by atoms with van der Waals surface area (Å²) in [7, 11) is 1.58. The highest BCUT2D eigenvalue weighted by molar-refractivity contribution is 6.36. The number of methoxy groups -OCH3 is 1. The first-order valence-electron chi connectivity index (χ1n) is 7.91. The fourth-order valence-electron chi connectivity index (χ4n) is 2.17. The van der Waals surface area contributed by atoms with Crippen molar-refractivity contribution in [2.24, 2.45) is 0 Å². The second-order valence-corrected chi connectivity index (χ2v) is 5.52. The summed E-state index contributed by atoms with van der Waals surface area (Å²) in [5.41, 5.74) is 0.829. The smallest absolute Gasteiger partial charge is 0.348 e. The Kier molecular flexibility index (Phi) is 6.71. The van der Waals surface area contributed by atoms with Gasteiger partial charge in [0.05, 0.1) is 12.1 Å². The van der Waals surface area contributed by atoms with Crippen molar-refractivity contribution in [2.75, 3.05) is 7.11 Å². The average Bonchev–Trinajstić information content (AvgIpc) is 2.62. The number of aromatic amines is 1. The third-order valence-corrected chi connectivity index (χ3v) is 3.72. The molecular weight excluding hydrogens is 338 g/mol. The third kappa shape index (κ3) is 4.90. The van der Waals surface area contributed by atoms with Gasteiger partial charge in [-0.3, -0.25) is 4.98 Å². The lowest BCUT2D eigenvalue weighted by Gasteiger charge is -2.07. The van der Waals surface area contributed by atoms with Crippen LogP contribution in [0.5, 0.6) is 5.75 Å². The summed E-state index contributed by atoms with van der Waals surface area (Å²) in [4.78, 5) is 23.1. The first-order chi connectivity index (χ1) is 12.1. The molecule has 0 atom stereocenters. The number of benzene rings is 1. The number of ether oxygens (including phenoxy) is 1. The number of aromatic nitrogens is 3. The molecule has 0 saturated carbocycles. The van der Waals surface area contributed by atoms with E-state index in [4.69, 9.17) is 16.3 Å². The van der Waals surface area contributed by atoms with E-state index in [1.807, 2.05) is 44.2 Å². The van der Waals surface area contributed by atoms with Crippen molar-refractivity contribution < 1.29 is 4.74 Å². The van der Waals surface area contributed by atoms with Gasteiger partial charge in [0.15, 0.2) is 5.82 Å². The fourth-order valence-corrected chi connectivity index (χ4v) is 2.44. The van der Waals surface area contributed by atoms with Gasteiger partial charge in [-0.05, 0) is 31.6 Å². The Morgan fingerprint density at radius 3 is 2.84 bits per heavy atom. The topological polar surface area (TPSA) is 67.9 Å². The summed E-state index contributed by atoms with van der Waals surface area (Å²) in [6, 6.07) is 7.22. The minimum Gasteiger partial charge on any atom is -0.497 e. The average molecular weight is 358 g/mol. The van der Waals surface area contributed by atoms with Crippen molar-refractivity contribution in [3.63, 3.8) is 0 Å². The van der Waals surface area contributed by atoms with Gasteiger partial charge in [-0.25, -0.2) is 9.78 Å². The summed E-state index contributed by atoms with van der Waals surface area (Å²) in [5.74, 6) is 1.34. The molecule has 0 radical (unpaired) electrons. The van der Waals surface area contributed by atoms with Crippen LogP contribution >= 0.6 is 11.6 Å². The van der Waals surface area contributed by atoms with Crippen LogP contribution in [0, 0.1) is 0 Å². The van der Waals surface area contributed by atoms with E-state index in [1.54, 1.807) is 25.3 Å². The molecule has 0 fully saturated rings. The number of allylic oxidation sites excluding steroid dienone is 6. The number of H-pyrrole nitrogens is 1. The molecule has 2 rings (SSSR count). The largest absolute Gasteiger partial charge is 0.497 e. The van der Waals surface area contributed by atoms with Crippen LogP contribution in [0.2, 0.25) is 0 Å². The Morgan fingerprint density at radius 2 is 2.16 bits per heavy atom. The molecule has 0 amide bonds. The van der Waals surface area contributed by atoms with Gasteiger partial charge in [-0.1, -0.05) is 48.9 Å². The van der Waals surface area contributed by atoms with Crippen LogP contribution in [-0.2, 0) is 0 Å². The molecule has 1 heterocycles. The van der Waals surface area contributed by atoms with Crippen LogP contribution in [0.25, 0.3) is 17.0 Å². The highest BCUT2D eigenvalue weighted by atomic mass is 35.5. The lowest BCUT2D eigenvalue weighted by Crippen LogP contribution is -2.16. The van der Waals surface area contributed by atoms with Crippen LogP contribution < -0.4 is 10.4 Å². The van der Waals surface area contributed by atoms with Gasteiger partial charge >= 0.3 is 5.69 Å². The Labute approximate surface area is 151 Å². The van der Waals surface area contributed by atoms with Crippen molar-refractivity contribution >= 4 is 17.2 Å². The van der Waals surface area contributed by atoms with Crippen LogP contribution in [0.15, 0.2) is 58.4 Å². The summed E-state index contributed by atoms with van der Waals surface area (Å²) >= 11 is 6.35. The minimum atomic E-state index is -0.490. The molecule has 6 heteroatoms. The maximum Gasteiger partial charge on any atom is 0.348 e. The van der Waals surface area contributed by atoms with E-state index in [9.17, 15) is 4.79 Å². The van der Waals surface area contributed by atoms with Crippen LogP contribution in [0.3, 0.4) is 0 Å². The van der Waals surface area contributed by atoms with Crippen molar-refractivity contribution in [3.05, 3.63) is 69.9 Å². The normalized spacial score (nSPS) is 12.6. The Morgan fingerprint density at radius 1 is 1.36 bits per heavy atom. The zero-order valence-corrected chi connectivity index (χ0v) is 15.2. The lowest BCUT2D eigenvalue weighted by molar-refractivity contribution is 0.415. The molecule has 0 bridgehead atoms. The standard InChI is InChI=1S/C19H20ClN3O2/c1-4-6-7-11-16(20)15(5-2)18-21-17(22-19(24)23-18)13-9-8-10-14(12-13)25-3/h5-12H,4H2,1-3H3,(H,21,22,23,24)/b7-6+,15-5+,16-11+. The second kappa shape index (κ2) is 8.99. The van der Waals surface area contributed by atoms with Crippen LogP contribution in [0.1, 0.15) is 26.1 Å². The third-order valence-electron chi connectivity index (χ3n) is 3.39. The van der Waals surface area contributed by atoms with Gasteiger partial charge in [0.1, 0.15) is 11.6 Å². The van der Waals surface area contributed by atoms with Crippen molar-refractivity contribution in [1.29, 1.82) is 0 Å². The molecule has 1 aromatic heterocycles. The molecule has 0 aliphatic rings. The summed E-state index contributed by atoms with van der Waals surface area (Å²) in [6.45, 7) is 3.87. The van der Waals surface area contributed by atoms with E-state index in [0.717, 1.165) is 6.42 Å². The van der Waals surface area contributed by atoms with Crippen molar-refractivity contribution in [3.8, 4) is 17.1 Å². The summed E-state index contributed by atoms with van der Waals surface area (Å²) in [6.07, 6.45) is 8.34. The molecule has 1 N–H and O–H groups in total. The monoisotopic (exact) mass is 357 g/mol. The Balaban J connectivity index is 2.49. The molecule has 25 heavy (non-hydrogen) atoms. The SMILES string of the molecule is C\C=C(/C(Cl)=C\C=C\CC)c1nc(-c2cccc(OC)c2)nc(=O)[nH]1. The molecule has 0 spiro atoms. The Bertz CT molecular complexity index is 882. The van der Waals surface area contributed by atoms with Gasteiger partial charge in [0, 0.05) is 11.1 Å². The zero-order chi connectivity index (χ0) is 18.2.